The highest BCUT2D eigenvalue weighted by molar-refractivity contribution is 7.99. The number of hydrogen-bond donors (Lipinski definition) is 0. The van der Waals surface area contributed by atoms with Gasteiger partial charge >= 0.3 is 0 Å². The Hall–Kier alpha value is -0.0900. The van der Waals surface area contributed by atoms with Crippen LogP contribution in [0.4, 0.5) is 0 Å². The zero-order chi connectivity index (χ0) is 7.11. The van der Waals surface area contributed by atoms with Gasteiger partial charge in [-0.15, -0.1) is 12.3 Å². The van der Waals surface area contributed by atoms with E-state index in [-0.39, 0.29) is 0 Å². The van der Waals surface area contributed by atoms with Crippen molar-refractivity contribution in [1.82, 2.24) is 0 Å². The molecule has 0 spiro atoms. The molecule has 0 aromatic carbocycles. The van der Waals surface area contributed by atoms with Crippen LogP contribution in [0.2, 0.25) is 0 Å². The van der Waals surface area contributed by atoms with Gasteiger partial charge in [-0.3, -0.25) is 0 Å². The fourth-order valence-electron chi connectivity index (χ4n) is 0.550. The molecule has 9 heavy (non-hydrogen) atoms. The molecule has 0 fully saturated rings. The van der Waals surface area contributed by atoms with Crippen LogP contribution in [0.3, 0.4) is 0 Å². The largest absolute Gasteiger partial charge is 0.162 e. The van der Waals surface area contributed by atoms with Crippen LogP contribution in [0.25, 0.3) is 0 Å². The Labute approximate surface area is 62.4 Å². The summed E-state index contributed by atoms with van der Waals surface area (Å²) in [6.07, 6.45) is 10.3. The molecule has 1 unspecified atom stereocenters. The van der Waals surface area contributed by atoms with E-state index in [0.29, 0.717) is 5.25 Å². The Balaban J connectivity index is 2.99. The summed E-state index contributed by atoms with van der Waals surface area (Å²) >= 11 is 1.80. The van der Waals surface area contributed by atoms with E-state index in [0.717, 1.165) is 19.3 Å². The number of rotatable bonds is 4. The minimum Gasteiger partial charge on any atom is -0.162 e. The van der Waals surface area contributed by atoms with E-state index in [9.17, 15) is 0 Å². The van der Waals surface area contributed by atoms with Crippen LogP contribution in [-0.2, 0) is 0 Å². The van der Waals surface area contributed by atoms with E-state index >= 15 is 0 Å². The Morgan fingerprint density at radius 1 is 1.78 bits per heavy atom. The minimum absolute atomic E-state index is 0.526. The van der Waals surface area contributed by atoms with E-state index in [1.54, 1.807) is 11.8 Å². The molecular weight excluding hydrogens is 128 g/mol. The van der Waals surface area contributed by atoms with Crippen molar-refractivity contribution < 1.29 is 0 Å². The summed E-state index contributed by atoms with van der Waals surface area (Å²) in [5.74, 6) is 2.61. The predicted molar refractivity (Wildman–Crippen MR) is 45.3 cm³/mol. The highest BCUT2D eigenvalue weighted by Crippen LogP contribution is 2.11. The molecule has 0 bridgehead atoms. The van der Waals surface area contributed by atoms with Gasteiger partial charge in [0.2, 0.25) is 0 Å². The lowest BCUT2D eigenvalue weighted by molar-refractivity contribution is 0.782. The molecule has 0 heterocycles. The lowest BCUT2D eigenvalue weighted by Crippen LogP contribution is -1.93. The smallest absolute Gasteiger partial charge is 0.00864 e. The second kappa shape index (κ2) is 6.04. The standard InChI is InChI=1S/C8H13S/c1-4-5-6-7-8(2)9-3/h1,8H,2,5-7H2,3H3. The van der Waals surface area contributed by atoms with Gasteiger partial charge < -0.3 is 0 Å². The Morgan fingerprint density at radius 2 is 2.44 bits per heavy atom. The second-order valence-corrected chi connectivity index (χ2v) is 3.09. The van der Waals surface area contributed by atoms with Crippen LogP contribution in [0.1, 0.15) is 19.3 Å². The van der Waals surface area contributed by atoms with Crippen molar-refractivity contribution in [3.05, 3.63) is 6.92 Å². The molecule has 0 saturated carbocycles. The van der Waals surface area contributed by atoms with E-state index < -0.39 is 0 Å². The molecule has 0 aromatic rings. The molecule has 51 valence electrons. The quantitative estimate of drug-likeness (QED) is 0.428. The fraction of sp³-hybridized carbons (Fsp3) is 0.625. The minimum atomic E-state index is 0.526. The first kappa shape index (κ1) is 8.91. The van der Waals surface area contributed by atoms with Crippen LogP contribution >= 0.6 is 11.8 Å². The van der Waals surface area contributed by atoms with Crippen LogP contribution in [0.5, 0.6) is 0 Å². The van der Waals surface area contributed by atoms with E-state index in [2.05, 4.69) is 19.1 Å². The summed E-state index contributed by atoms with van der Waals surface area (Å²) in [5.41, 5.74) is 0. The van der Waals surface area contributed by atoms with Crippen LogP contribution in [0.15, 0.2) is 0 Å². The van der Waals surface area contributed by atoms with Gasteiger partial charge in [0.1, 0.15) is 0 Å². The first-order valence-corrected chi connectivity index (χ1v) is 4.39. The third-order valence-electron chi connectivity index (χ3n) is 1.18. The van der Waals surface area contributed by atoms with Crippen molar-refractivity contribution in [1.29, 1.82) is 0 Å². The number of hydrogen-bond acceptors (Lipinski definition) is 1. The van der Waals surface area contributed by atoms with Crippen molar-refractivity contribution in [2.75, 3.05) is 6.26 Å². The van der Waals surface area contributed by atoms with Gasteiger partial charge in [-0.1, -0.05) is 0 Å². The number of thioether (sulfide) groups is 1. The highest BCUT2D eigenvalue weighted by Gasteiger charge is 1.96. The maximum absolute atomic E-state index is 5.08. The van der Waals surface area contributed by atoms with Crippen molar-refractivity contribution in [2.24, 2.45) is 0 Å². The van der Waals surface area contributed by atoms with Gasteiger partial charge in [0, 0.05) is 11.7 Å². The highest BCUT2D eigenvalue weighted by atomic mass is 32.2. The third-order valence-corrected chi connectivity index (χ3v) is 2.08. The number of terminal acetylenes is 1. The Morgan fingerprint density at radius 3 is 2.89 bits per heavy atom. The molecule has 0 aliphatic rings. The molecule has 0 aliphatic carbocycles. The molecule has 1 atom stereocenters. The molecule has 0 amide bonds. The van der Waals surface area contributed by atoms with Gasteiger partial charge in [-0.25, -0.2) is 0 Å². The monoisotopic (exact) mass is 141 g/mol. The lowest BCUT2D eigenvalue weighted by Gasteiger charge is -2.03. The molecule has 1 heteroatoms. The maximum Gasteiger partial charge on any atom is 0.00864 e. The lowest BCUT2D eigenvalue weighted by atomic mass is 10.2. The molecular formula is C8H13S. The first-order valence-electron chi connectivity index (χ1n) is 3.10. The molecule has 0 rings (SSSR count). The average molecular weight is 141 g/mol. The summed E-state index contributed by atoms with van der Waals surface area (Å²) < 4.78 is 0. The summed E-state index contributed by atoms with van der Waals surface area (Å²) in [6.45, 7) is 3.92. The summed E-state index contributed by atoms with van der Waals surface area (Å²) in [5, 5.41) is 0.526. The van der Waals surface area contributed by atoms with Crippen molar-refractivity contribution in [3.63, 3.8) is 0 Å². The van der Waals surface area contributed by atoms with Gasteiger partial charge in [-0.05, 0) is 26.0 Å². The van der Waals surface area contributed by atoms with Crippen molar-refractivity contribution >= 4 is 11.8 Å². The Bertz CT molecular complexity index is 91.2. The molecule has 0 nitrogen and oxygen atoms in total. The Kier molecular flexibility index (Phi) is 5.98. The normalized spacial score (nSPS) is 12.6. The summed E-state index contributed by atoms with van der Waals surface area (Å²) in [6, 6.07) is 0. The third kappa shape index (κ3) is 5.79. The van der Waals surface area contributed by atoms with Crippen molar-refractivity contribution in [2.45, 2.75) is 24.5 Å². The molecule has 0 saturated heterocycles. The topological polar surface area (TPSA) is 0 Å². The molecule has 1 radical (unpaired) electrons. The zero-order valence-corrected chi connectivity index (χ0v) is 6.71. The van der Waals surface area contributed by atoms with Crippen LogP contribution in [0, 0.1) is 19.3 Å². The van der Waals surface area contributed by atoms with E-state index in [1.807, 2.05) is 0 Å². The molecule has 0 aromatic heterocycles. The zero-order valence-electron chi connectivity index (χ0n) is 5.89. The fourth-order valence-corrected chi connectivity index (χ4v) is 0.952. The van der Waals surface area contributed by atoms with Gasteiger partial charge in [-0.2, -0.15) is 11.8 Å². The van der Waals surface area contributed by atoms with Gasteiger partial charge in [0.25, 0.3) is 0 Å². The second-order valence-electron chi connectivity index (χ2n) is 1.95. The first-order chi connectivity index (χ1) is 4.31. The number of unbranched alkanes of at least 4 members (excludes halogenated alkanes) is 1. The van der Waals surface area contributed by atoms with Gasteiger partial charge in [0.15, 0.2) is 0 Å². The van der Waals surface area contributed by atoms with Gasteiger partial charge in [0.05, 0.1) is 0 Å². The van der Waals surface area contributed by atoms with Crippen molar-refractivity contribution in [3.8, 4) is 12.3 Å². The SMILES string of the molecule is C#CCCCC([CH2])SC. The average Bonchev–Trinajstić information content (AvgIpc) is 1.89. The van der Waals surface area contributed by atoms with E-state index in [1.165, 1.54) is 0 Å². The predicted octanol–water partition coefficient (Wildman–Crippen LogP) is 2.36. The summed E-state index contributed by atoms with van der Waals surface area (Å²) in [7, 11) is 0. The molecule has 0 aliphatic heterocycles. The maximum atomic E-state index is 5.08. The molecule has 0 N–H and O–H groups in total. The summed E-state index contributed by atoms with van der Waals surface area (Å²) in [4.78, 5) is 0. The van der Waals surface area contributed by atoms with Crippen LogP contribution < -0.4 is 0 Å². The van der Waals surface area contributed by atoms with Crippen LogP contribution in [-0.4, -0.2) is 11.5 Å². The van der Waals surface area contributed by atoms with E-state index in [4.69, 9.17) is 6.42 Å².